The maximum absolute atomic E-state index is 12.9. The van der Waals surface area contributed by atoms with Gasteiger partial charge >= 0.3 is 0 Å². The lowest BCUT2D eigenvalue weighted by Gasteiger charge is -2.63. The van der Waals surface area contributed by atoms with Crippen molar-refractivity contribution in [3.63, 3.8) is 0 Å². The molecule has 2 aliphatic heterocycles. The zero-order chi connectivity index (χ0) is 16.5. The van der Waals surface area contributed by atoms with E-state index in [9.17, 15) is 4.79 Å². The maximum atomic E-state index is 12.9. The fourth-order valence-electron chi connectivity index (χ4n) is 6.46. The van der Waals surface area contributed by atoms with Crippen LogP contribution in [0.15, 0.2) is 12.3 Å². The van der Waals surface area contributed by atoms with E-state index in [0.29, 0.717) is 18.3 Å². The Labute approximate surface area is 139 Å². The Morgan fingerprint density at radius 3 is 2.61 bits per heavy atom. The third kappa shape index (κ3) is 1.89. The van der Waals surface area contributed by atoms with Crippen molar-refractivity contribution in [2.24, 2.45) is 22.7 Å². The minimum absolute atomic E-state index is 0.00831. The van der Waals surface area contributed by atoms with Crippen LogP contribution < -0.4 is 0 Å². The molecule has 1 unspecified atom stereocenters. The highest BCUT2D eigenvalue weighted by molar-refractivity contribution is 5.84. The van der Waals surface area contributed by atoms with Gasteiger partial charge in [0.1, 0.15) is 18.0 Å². The zero-order valence-corrected chi connectivity index (χ0v) is 15.0. The van der Waals surface area contributed by atoms with E-state index >= 15 is 0 Å². The second kappa shape index (κ2) is 4.62. The molecule has 0 aromatic heterocycles. The van der Waals surface area contributed by atoms with E-state index in [0.717, 1.165) is 19.3 Å². The normalized spacial score (nSPS) is 51.2. The Morgan fingerprint density at radius 1 is 1.13 bits per heavy atom. The van der Waals surface area contributed by atoms with Crippen molar-refractivity contribution in [3.8, 4) is 0 Å². The fraction of sp³-hybridized carbons (Fsp3) is 0.850. The molecule has 3 fully saturated rings. The molecule has 23 heavy (non-hydrogen) atoms. The van der Waals surface area contributed by atoms with Crippen molar-refractivity contribution in [2.75, 3.05) is 6.61 Å². The van der Waals surface area contributed by atoms with E-state index in [2.05, 4.69) is 33.8 Å². The van der Waals surface area contributed by atoms with Gasteiger partial charge in [0.15, 0.2) is 0 Å². The molecule has 4 rings (SSSR count). The van der Waals surface area contributed by atoms with Gasteiger partial charge in [0.2, 0.25) is 0 Å². The Morgan fingerprint density at radius 2 is 1.91 bits per heavy atom. The number of carbonyl (C=O) groups is 1. The molecule has 2 heterocycles. The molecular formula is C20H30O3. The van der Waals surface area contributed by atoms with Crippen molar-refractivity contribution in [3.05, 3.63) is 12.3 Å². The quantitative estimate of drug-likeness (QED) is 0.669. The van der Waals surface area contributed by atoms with Crippen molar-refractivity contribution in [1.82, 2.24) is 0 Å². The van der Waals surface area contributed by atoms with Crippen LogP contribution in [0.25, 0.3) is 0 Å². The lowest BCUT2D eigenvalue weighted by molar-refractivity contribution is -0.234. The van der Waals surface area contributed by atoms with Crippen LogP contribution in [0.1, 0.15) is 66.2 Å². The first-order valence-electron chi connectivity index (χ1n) is 9.27. The minimum atomic E-state index is -0.317. The van der Waals surface area contributed by atoms with Crippen LogP contribution in [0, 0.1) is 22.7 Å². The van der Waals surface area contributed by atoms with Crippen molar-refractivity contribution in [2.45, 2.75) is 77.4 Å². The minimum Gasteiger partial charge on any atom is -0.498 e. The standard InChI is InChI=1S/C20H30O3/c1-14-15(21)12-16-17(2,3)6-5-7-18(16,4)20(14)9-8-19(23-20)10-11-22-13-19/h10-11,14,16H,5-9,12-13H2,1-4H3/t14-,16?,18+,19-,20-/m1/s1. The van der Waals surface area contributed by atoms with E-state index in [1.165, 1.54) is 19.3 Å². The molecule has 0 amide bonds. The number of ketones is 1. The highest BCUT2D eigenvalue weighted by atomic mass is 16.6. The molecule has 2 saturated carbocycles. The molecule has 0 N–H and O–H groups in total. The van der Waals surface area contributed by atoms with Gasteiger partial charge in [-0.3, -0.25) is 4.79 Å². The highest BCUT2D eigenvalue weighted by Crippen LogP contribution is 2.67. The monoisotopic (exact) mass is 318 g/mol. The summed E-state index contributed by atoms with van der Waals surface area (Å²) in [6.45, 7) is 9.86. The molecule has 5 atom stereocenters. The van der Waals surface area contributed by atoms with Gasteiger partial charge in [-0.05, 0) is 43.1 Å². The molecular weight excluding hydrogens is 288 g/mol. The van der Waals surface area contributed by atoms with Crippen molar-refractivity contribution < 1.29 is 14.3 Å². The maximum Gasteiger partial charge on any atom is 0.138 e. The number of carbonyl (C=O) groups excluding carboxylic acids is 1. The van der Waals surface area contributed by atoms with Gasteiger partial charge < -0.3 is 9.47 Å². The fourth-order valence-corrected chi connectivity index (χ4v) is 6.46. The van der Waals surface area contributed by atoms with Crippen LogP contribution >= 0.6 is 0 Å². The number of ether oxygens (including phenoxy) is 2. The second-order valence-electron chi connectivity index (χ2n) is 9.37. The summed E-state index contributed by atoms with van der Waals surface area (Å²) in [6, 6.07) is 0. The van der Waals surface area contributed by atoms with E-state index in [-0.39, 0.29) is 27.9 Å². The third-order valence-corrected chi connectivity index (χ3v) is 7.88. The molecule has 0 aromatic rings. The van der Waals surface area contributed by atoms with Gasteiger partial charge in [-0.2, -0.15) is 0 Å². The summed E-state index contributed by atoms with van der Waals surface area (Å²) in [5.41, 5.74) is -0.303. The number of rotatable bonds is 0. The number of fused-ring (bicyclic) bond motifs is 2. The topological polar surface area (TPSA) is 35.5 Å². The molecule has 0 bridgehead atoms. The highest BCUT2D eigenvalue weighted by Gasteiger charge is 2.69. The lowest BCUT2D eigenvalue weighted by Crippen LogP contribution is -2.65. The molecule has 3 heteroatoms. The summed E-state index contributed by atoms with van der Waals surface area (Å²) in [6.07, 6.45) is 10.2. The van der Waals surface area contributed by atoms with Gasteiger partial charge in [0, 0.05) is 17.8 Å². The van der Waals surface area contributed by atoms with Gasteiger partial charge in [-0.15, -0.1) is 0 Å². The molecule has 2 spiro atoms. The average molecular weight is 318 g/mol. The Balaban J connectivity index is 1.80. The first kappa shape index (κ1) is 15.7. The molecule has 0 radical (unpaired) electrons. The van der Waals surface area contributed by atoms with Crippen LogP contribution in [0.5, 0.6) is 0 Å². The summed E-state index contributed by atoms with van der Waals surface area (Å²) >= 11 is 0. The van der Waals surface area contributed by atoms with Gasteiger partial charge in [0.25, 0.3) is 0 Å². The summed E-state index contributed by atoms with van der Waals surface area (Å²) in [7, 11) is 0. The SMILES string of the molecule is C[C@@H]1C(=O)CC2C(C)(C)CCC[C@]2(C)[C@@]12CC[C@]1(C=COC1)O2. The molecule has 128 valence electrons. The number of hydrogen-bond donors (Lipinski definition) is 0. The molecule has 0 aromatic carbocycles. The van der Waals surface area contributed by atoms with Gasteiger partial charge in [0.05, 0.1) is 11.9 Å². The van der Waals surface area contributed by atoms with Gasteiger partial charge in [-0.1, -0.05) is 34.1 Å². The van der Waals surface area contributed by atoms with Crippen LogP contribution in [-0.2, 0) is 14.3 Å². The predicted octanol–water partition coefficient (Wildman–Crippen LogP) is 4.26. The Hall–Kier alpha value is -0.830. The summed E-state index contributed by atoms with van der Waals surface area (Å²) in [5, 5.41) is 0. The lowest BCUT2D eigenvalue weighted by atomic mass is 9.44. The van der Waals surface area contributed by atoms with Crippen LogP contribution in [0.4, 0.5) is 0 Å². The average Bonchev–Trinajstić information content (AvgIpc) is 3.10. The van der Waals surface area contributed by atoms with E-state index in [1.54, 1.807) is 6.26 Å². The molecule has 3 nitrogen and oxygen atoms in total. The first-order valence-corrected chi connectivity index (χ1v) is 9.27. The zero-order valence-electron chi connectivity index (χ0n) is 15.0. The summed E-state index contributed by atoms with van der Waals surface area (Å²) < 4.78 is 12.4. The Bertz CT molecular complexity index is 565. The smallest absolute Gasteiger partial charge is 0.138 e. The van der Waals surface area contributed by atoms with Crippen LogP contribution in [0.2, 0.25) is 0 Å². The molecule has 2 aliphatic carbocycles. The molecule has 1 saturated heterocycles. The van der Waals surface area contributed by atoms with Crippen molar-refractivity contribution in [1.29, 1.82) is 0 Å². The van der Waals surface area contributed by atoms with E-state index in [1.807, 2.05) is 0 Å². The third-order valence-electron chi connectivity index (χ3n) is 7.88. The van der Waals surface area contributed by atoms with Crippen LogP contribution in [0.3, 0.4) is 0 Å². The van der Waals surface area contributed by atoms with Gasteiger partial charge in [-0.25, -0.2) is 0 Å². The second-order valence-corrected chi connectivity index (χ2v) is 9.37. The Kier molecular flexibility index (Phi) is 3.15. The van der Waals surface area contributed by atoms with E-state index in [4.69, 9.17) is 9.47 Å². The van der Waals surface area contributed by atoms with E-state index < -0.39 is 0 Å². The largest absolute Gasteiger partial charge is 0.498 e. The number of hydrogen-bond acceptors (Lipinski definition) is 3. The molecule has 4 aliphatic rings. The summed E-state index contributed by atoms with van der Waals surface area (Å²) in [5.74, 6) is 0.822. The van der Waals surface area contributed by atoms with Crippen LogP contribution in [-0.4, -0.2) is 23.6 Å². The first-order chi connectivity index (χ1) is 10.7. The predicted molar refractivity (Wildman–Crippen MR) is 88.9 cm³/mol. The number of Topliss-reactive ketones (excluding diaryl/α,β-unsaturated/α-hetero) is 1. The summed E-state index contributed by atoms with van der Waals surface area (Å²) in [4.78, 5) is 12.9. The van der Waals surface area contributed by atoms with Crippen molar-refractivity contribution >= 4 is 5.78 Å².